The third-order valence-electron chi connectivity index (χ3n) is 2.07. The van der Waals surface area contributed by atoms with Crippen molar-refractivity contribution in [1.29, 1.82) is 0 Å². The Morgan fingerprint density at radius 3 is 2.60 bits per heavy atom. The molecule has 1 rings (SSSR count). The van der Waals surface area contributed by atoms with Crippen LogP contribution in [0, 0.1) is 5.92 Å². The minimum atomic E-state index is -0.463. The molecule has 0 saturated carbocycles. The van der Waals surface area contributed by atoms with Crippen LogP contribution in [0.1, 0.15) is 26.7 Å². The minimum Gasteiger partial charge on any atom is -0.389 e. The van der Waals surface area contributed by atoms with Crippen molar-refractivity contribution in [2.24, 2.45) is 5.92 Å². The van der Waals surface area contributed by atoms with Crippen LogP contribution in [0.3, 0.4) is 0 Å². The fourth-order valence-electron chi connectivity index (χ4n) is 1.27. The van der Waals surface area contributed by atoms with Gasteiger partial charge in [-0.2, -0.15) is 0 Å². The van der Waals surface area contributed by atoms with Gasteiger partial charge in [-0.25, -0.2) is 4.79 Å². The molecule has 1 fully saturated rings. The number of carbonyl (C=O) groups excluding carboxylic acids is 2. The number of carbonyl (C=O) groups is 2. The number of rotatable bonds is 5. The Morgan fingerprint density at radius 1 is 1.33 bits per heavy atom. The van der Waals surface area contributed by atoms with Gasteiger partial charge in [0.05, 0.1) is 0 Å². The van der Waals surface area contributed by atoms with Crippen LogP contribution >= 0.6 is 0 Å². The predicted octanol–water partition coefficient (Wildman–Crippen LogP) is 0.693. The molecule has 0 spiro atoms. The zero-order chi connectivity index (χ0) is 11.3. The van der Waals surface area contributed by atoms with Gasteiger partial charge < -0.3 is 10.6 Å². The van der Waals surface area contributed by atoms with E-state index in [4.69, 9.17) is 0 Å². The molecular formula is C10H17N3O2. The highest BCUT2D eigenvalue weighted by Crippen LogP contribution is 2.02. The number of nitrogens with one attached hydrogen (secondary N) is 3. The summed E-state index contributed by atoms with van der Waals surface area (Å²) in [6.07, 6.45) is 3.74. The van der Waals surface area contributed by atoms with E-state index in [1.807, 2.05) is 0 Å². The molecule has 1 saturated heterocycles. The summed E-state index contributed by atoms with van der Waals surface area (Å²) >= 11 is 0. The smallest absolute Gasteiger partial charge is 0.326 e. The van der Waals surface area contributed by atoms with Crippen molar-refractivity contribution in [3.63, 3.8) is 0 Å². The van der Waals surface area contributed by atoms with Crippen LogP contribution in [0.15, 0.2) is 11.9 Å². The van der Waals surface area contributed by atoms with Gasteiger partial charge in [-0.05, 0) is 18.8 Å². The topological polar surface area (TPSA) is 70.2 Å². The summed E-state index contributed by atoms with van der Waals surface area (Å²) < 4.78 is 0. The second-order valence-corrected chi connectivity index (χ2v) is 3.96. The molecule has 0 aromatic rings. The first kappa shape index (κ1) is 11.6. The Labute approximate surface area is 89.3 Å². The summed E-state index contributed by atoms with van der Waals surface area (Å²) in [6, 6.07) is -0.463. The Morgan fingerprint density at radius 2 is 2.07 bits per heavy atom. The molecule has 5 nitrogen and oxygen atoms in total. The molecule has 1 aliphatic rings. The van der Waals surface area contributed by atoms with Crippen LogP contribution in [-0.4, -0.2) is 18.5 Å². The number of urea groups is 1. The molecule has 15 heavy (non-hydrogen) atoms. The molecule has 0 aliphatic carbocycles. The highest BCUT2D eigenvalue weighted by atomic mass is 16.2. The van der Waals surface area contributed by atoms with Crippen LogP contribution in [0.25, 0.3) is 0 Å². The fourth-order valence-corrected chi connectivity index (χ4v) is 1.27. The summed E-state index contributed by atoms with van der Waals surface area (Å²) in [5, 5.41) is 7.53. The third-order valence-corrected chi connectivity index (χ3v) is 2.07. The third kappa shape index (κ3) is 4.01. The lowest BCUT2D eigenvalue weighted by Gasteiger charge is -2.04. The van der Waals surface area contributed by atoms with Gasteiger partial charge in [0.1, 0.15) is 5.70 Å². The van der Waals surface area contributed by atoms with Gasteiger partial charge in [0.25, 0.3) is 5.91 Å². The van der Waals surface area contributed by atoms with Crippen molar-refractivity contribution in [2.75, 3.05) is 6.54 Å². The van der Waals surface area contributed by atoms with Gasteiger partial charge in [-0.3, -0.25) is 10.1 Å². The zero-order valence-electron chi connectivity index (χ0n) is 9.09. The highest BCUT2D eigenvalue weighted by molar-refractivity contribution is 6.11. The molecule has 3 N–H and O–H groups in total. The average molecular weight is 211 g/mol. The zero-order valence-corrected chi connectivity index (χ0v) is 9.09. The van der Waals surface area contributed by atoms with E-state index >= 15 is 0 Å². The molecular weight excluding hydrogens is 194 g/mol. The summed E-state index contributed by atoms with van der Waals surface area (Å²) in [7, 11) is 0. The molecule has 3 amide bonds. The molecule has 84 valence electrons. The van der Waals surface area contributed by atoms with E-state index in [0.717, 1.165) is 19.4 Å². The van der Waals surface area contributed by atoms with E-state index in [2.05, 4.69) is 29.8 Å². The van der Waals surface area contributed by atoms with E-state index in [0.29, 0.717) is 5.92 Å². The quantitative estimate of drug-likeness (QED) is 0.356. The second-order valence-electron chi connectivity index (χ2n) is 3.96. The van der Waals surface area contributed by atoms with E-state index in [1.165, 1.54) is 0 Å². The van der Waals surface area contributed by atoms with Gasteiger partial charge in [0, 0.05) is 12.7 Å². The Hall–Kier alpha value is -1.52. The standard InChI is InChI=1S/C10H17N3O2/c1-7(2)4-3-5-11-6-8-9(14)13-10(15)12-8/h6-7,11H,3-5H2,1-2H3,(H2,12,13,14,15)/b8-6+. The molecule has 0 unspecified atom stereocenters. The first-order chi connectivity index (χ1) is 7.09. The van der Waals surface area contributed by atoms with E-state index in [1.54, 1.807) is 6.20 Å². The van der Waals surface area contributed by atoms with Gasteiger partial charge in [0.2, 0.25) is 0 Å². The van der Waals surface area contributed by atoms with Gasteiger partial charge in [-0.1, -0.05) is 13.8 Å². The van der Waals surface area contributed by atoms with Crippen LogP contribution < -0.4 is 16.0 Å². The van der Waals surface area contributed by atoms with Crippen LogP contribution in [-0.2, 0) is 4.79 Å². The summed E-state index contributed by atoms with van der Waals surface area (Å²) in [4.78, 5) is 21.8. The Balaban J connectivity index is 2.21. The summed E-state index contributed by atoms with van der Waals surface area (Å²) in [6.45, 7) is 5.15. The van der Waals surface area contributed by atoms with Crippen molar-refractivity contribution in [3.05, 3.63) is 11.9 Å². The fraction of sp³-hybridized carbons (Fsp3) is 0.600. The van der Waals surface area contributed by atoms with Gasteiger partial charge in [0.15, 0.2) is 0 Å². The minimum absolute atomic E-state index is 0.282. The van der Waals surface area contributed by atoms with Crippen molar-refractivity contribution in [3.8, 4) is 0 Å². The van der Waals surface area contributed by atoms with Crippen LogP contribution in [0.2, 0.25) is 0 Å². The van der Waals surface area contributed by atoms with Crippen LogP contribution in [0.4, 0.5) is 4.79 Å². The molecule has 0 aromatic heterocycles. The summed E-state index contributed by atoms with van der Waals surface area (Å²) in [5.41, 5.74) is 0.282. The molecule has 1 heterocycles. The lowest BCUT2D eigenvalue weighted by Crippen LogP contribution is -2.22. The van der Waals surface area contributed by atoms with Crippen molar-refractivity contribution >= 4 is 11.9 Å². The van der Waals surface area contributed by atoms with Gasteiger partial charge in [-0.15, -0.1) is 0 Å². The highest BCUT2D eigenvalue weighted by Gasteiger charge is 2.22. The van der Waals surface area contributed by atoms with E-state index < -0.39 is 6.03 Å². The van der Waals surface area contributed by atoms with Gasteiger partial charge >= 0.3 is 6.03 Å². The maximum absolute atomic E-state index is 11.1. The van der Waals surface area contributed by atoms with Crippen LogP contribution in [0.5, 0.6) is 0 Å². The maximum Gasteiger partial charge on any atom is 0.326 e. The number of amides is 3. The van der Waals surface area contributed by atoms with E-state index in [9.17, 15) is 9.59 Å². The number of hydrogen-bond donors (Lipinski definition) is 3. The Kier molecular flexibility index (Phi) is 4.15. The molecule has 0 atom stereocenters. The first-order valence-corrected chi connectivity index (χ1v) is 5.15. The second kappa shape index (κ2) is 5.38. The molecule has 0 aromatic carbocycles. The van der Waals surface area contributed by atoms with Crippen molar-refractivity contribution < 1.29 is 9.59 Å². The molecule has 5 heteroatoms. The SMILES string of the molecule is CC(C)CCCN/C=C1/NC(=O)NC1=O. The normalized spacial score (nSPS) is 18.2. The van der Waals surface area contributed by atoms with Crippen molar-refractivity contribution in [1.82, 2.24) is 16.0 Å². The number of hydrogen-bond acceptors (Lipinski definition) is 3. The monoisotopic (exact) mass is 211 g/mol. The average Bonchev–Trinajstić information content (AvgIpc) is 2.44. The van der Waals surface area contributed by atoms with Crippen molar-refractivity contribution in [2.45, 2.75) is 26.7 Å². The lowest BCUT2D eigenvalue weighted by atomic mass is 10.1. The lowest BCUT2D eigenvalue weighted by molar-refractivity contribution is -0.115. The molecule has 0 bridgehead atoms. The first-order valence-electron chi connectivity index (χ1n) is 5.15. The Bertz CT molecular complexity index is 284. The number of imide groups is 1. The molecule has 0 radical (unpaired) electrons. The summed E-state index contributed by atoms with van der Waals surface area (Å²) in [5.74, 6) is 0.310. The predicted molar refractivity (Wildman–Crippen MR) is 56.8 cm³/mol. The molecule has 1 aliphatic heterocycles. The maximum atomic E-state index is 11.1. The van der Waals surface area contributed by atoms with E-state index in [-0.39, 0.29) is 11.6 Å². The largest absolute Gasteiger partial charge is 0.389 e.